The Bertz CT molecular complexity index is 1280. The number of hydrogen-bond donors (Lipinski definition) is 1. The van der Waals surface area contributed by atoms with Gasteiger partial charge >= 0.3 is 6.18 Å². The zero-order valence-corrected chi connectivity index (χ0v) is 18.0. The fraction of sp³-hybridized carbons (Fsp3) is 0.304. The van der Waals surface area contributed by atoms with Crippen LogP contribution in [0.2, 0.25) is 0 Å². The number of carbonyl (C=O) groups excluding carboxylic acids is 2. The van der Waals surface area contributed by atoms with E-state index in [-0.39, 0.29) is 23.2 Å². The number of fused-ring (bicyclic) bond motifs is 1. The summed E-state index contributed by atoms with van der Waals surface area (Å²) in [4.78, 5) is 41.1. The highest BCUT2D eigenvalue weighted by Crippen LogP contribution is 2.29. The summed E-state index contributed by atoms with van der Waals surface area (Å²) in [7, 11) is 0. The van der Waals surface area contributed by atoms with Crippen LogP contribution in [0.3, 0.4) is 0 Å². The Morgan fingerprint density at radius 1 is 1.12 bits per heavy atom. The predicted octanol–water partition coefficient (Wildman–Crippen LogP) is 4.82. The number of aryl methyl sites for hydroxylation is 2. The van der Waals surface area contributed by atoms with Gasteiger partial charge in [0.25, 0.3) is 5.56 Å². The molecule has 0 saturated heterocycles. The Labute approximate surface area is 182 Å². The molecular weight excluding hydrogens is 423 g/mol. The molecule has 2 aromatic carbocycles. The number of anilines is 1. The number of alkyl halides is 3. The lowest BCUT2D eigenvalue weighted by Crippen LogP contribution is -2.37. The van der Waals surface area contributed by atoms with Crippen molar-refractivity contribution in [3.8, 4) is 0 Å². The highest BCUT2D eigenvalue weighted by Gasteiger charge is 2.38. The maximum absolute atomic E-state index is 13.6. The number of carbonyl (C=O) groups is 2. The molecular formula is C23H22F3N3O3. The second-order valence-corrected chi connectivity index (χ2v) is 7.61. The molecule has 0 radical (unpaired) electrons. The normalized spacial score (nSPS) is 12.6. The minimum atomic E-state index is -4.98. The van der Waals surface area contributed by atoms with Gasteiger partial charge in [0.05, 0.1) is 11.0 Å². The number of halogens is 3. The van der Waals surface area contributed by atoms with Crippen molar-refractivity contribution in [2.24, 2.45) is 0 Å². The molecule has 0 bridgehead atoms. The van der Waals surface area contributed by atoms with Gasteiger partial charge in [-0.1, -0.05) is 19.1 Å². The number of amides is 1. The fourth-order valence-electron chi connectivity index (χ4n) is 3.48. The van der Waals surface area contributed by atoms with E-state index < -0.39 is 29.4 Å². The van der Waals surface area contributed by atoms with Crippen molar-refractivity contribution < 1.29 is 22.8 Å². The van der Waals surface area contributed by atoms with Gasteiger partial charge in [-0.05, 0) is 62.6 Å². The summed E-state index contributed by atoms with van der Waals surface area (Å²) in [5, 5.41) is 2.61. The van der Waals surface area contributed by atoms with Crippen LogP contribution in [0, 0.1) is 13.8 Å². The molecule has 1 heterocycles. The molecule has 3 rings (SSSR count). The van der Waals surface area contributed by atoms with Gasteiger partial charge in [-0.15, -0.1) is 0 Å². The molecule has 0 aliphatic heterocycles. The Balaban J connectivity index is 2.18. The molecule has 0 aliphatic rings. The van der Waals surface area contributed by atoms with Crippen LogP contribution in [0.4, 0.5) is 18.9 Å². The summed E-state index contributed by atoms with van der Waals surface area (Å²) in [6.45, 7) is 6.46. The summed E-state index contributed by atoms with van der Waals surface area (Å²) >= 11 is 0. The highest BCUT2D eigenvalue weighted by molar-refractivity contribution is 5.98. The van der Waals surface area contributed by atoms with Crippen LogP contribution in [0.15, 0.2) is 41.2 Å². The Morgan fingerprint density at radius 2 is 1.78 bits per heavy atom. The lowest BCUT2D eigenvalue weighted by atomic mass is 10.1. The molecule has 0 saturated carbocycles. The van der Waals surface area contributed by atoms with Crippen LogP contribution >= 0.6 is 0 Å². The first-order chi connectivity index (χ1) is 14.9. The molecule has 6 nitrogen and oxygen atoms in total. The average molecular weight is 445 g/mol. The van der Waals surface area contributed by atoms with E-state index in [4.69, 9.17) is 0 Å². The van der Waals surface area contributed by atoms with E-state index in [0.717, 1.165) is 10.1 Å². The summed E-state index contributed by atoms with van der Waals surface area (Å²) in [6.07, 6.45) is -4.92. The molecule has 1 atom stereocenters. The molecule has 1 aromatic heterocycles. The second-order valence-electron chi connectivity index (χ2n) is 7.61. The monoisotopic (exact) mass is 445 g/mol. The lowest BCUT2D eigenvalue weighted by molar-refractivity contribution is -0.142. The van der Waals surface area contributed by atoms with Gasteiger partial charge in [-0.25, -0.2) is 4.98 Å². The topological polar surface area (TPSA) is 81.1 Å². The molecule has 32 heavy (non-hydrogen) atoms. The first kappa shape index (κ1) is 23.2. The van der Waals surface area contributed by atoms with Gasteiger partial charge < -0.3 is 5.32 Å². The summed E-state index contributed by atoms with van der Waals surface area (Å²) in [5.74, 6) is -0.876. The minimum absolute atomic E-state index is 0.0233. The molecule has 0 fully saturated rings. The number of ketones is 1. The number of aromatic nitrogens is 2. The van der Waals surface area contributed by atoms with Crippen molar-refractivity contribution in [1.29, 1.82) is 0 Å². The van der Waals surface area contributed by atoms with E-state index in [1.807, 2.05) is 0 Å². The standard InChI is InChI=1S/C23H22F3N3O3/c1-5-18(21(31)27-16-8-6-7-15(11-16)14(4)30)29-19-10-13(3)12(2)9-17(19)28-20(22(29)32)23(24,25)26/h6-11,18H,5H2,1-4H3,(H,27,31). The van der Waals surface area contributed by atoms with Gasteiger partial charge in [0, 0.05) is 11.3 Å². The van der Waals surface area contributed by atoms with E-state index in [0.29, 0.717) is 16.8 Å². The van der Waals surface area contributed by atoms with Crippen LogP contribution in [0.1, 0.15) is 53.5 Å². The molecule has 168 valence electrons. The predicted molar refractivity (Wildman–Crippen MR) is 115 cm³/mol. The first-order valence-electron chi connectivity index (χ1n) is 9.96. The van der Waals surface area contributed by atoms with E-state index in [2.05, 4.69) is 10.3 Å². The van der Waals surface area contributed by atoms with Gasteiger partial charge in [-0.3, -0.25) is 19.0 Å². The van der Waals surface area contributed by atoms with Crippen molar-refractivity contribution >= 4 is 28.4 Å². The number of rotatable bonds is 5. The van der Waals surface area contributed by atoms with Crippen molar-refractivity contribution in [2.75, 3.05) is 5.32 Å². The molecule has 9 heteroatoms. The van der Waals surface area contributed by atoms with Crippen molar-refractivity contribution in [3.63, 3.8) is 0 Å². The number of nitrogens with one attached hydrogen (secondary N) is 1. The molecule has 0 aliphatic carbocycles. The zero-order valence-electron chi connectivity index (χ0n) is 18.0. The summed E-state index contributed by atoms with van der Waals surface area (Å²) in [5.41, 5.74) is -0.705. The van der Waals surface area contributed by atoms with Crippen molar-refractivity contribution in [1.82, 2.24) is 9.55 Å². The maximum atomic E-state index is 13.6. The summed E-state index contributed by atoms with van der Waals surface area (Å²) < 4.78 is 41.6. The summed E-state index contributed by atoms with van der Waals surface area (Å²) in [6, 6.07) is 7.99. The van der Waals surface area contributed by atoms with Crippen LogP contribution < -0.4 is 10.9 Å². The van der Waals surface area contributed by atoms with Crippen LogP contribution in [0.5, 0.6) is 0 Å². The fourth-order valence-corrected chi connectivity index (χ4v) is 3.48. The van der Waals surface area contributed by atoms with E-state index in [9.17, 15) is 27.6 Å². The maximum Gasteiger partial charge on any atom is 0.438 e. The third-order valence-electron chi connectivity index (χ3n) is 5.31. The van der Waals surface area contributed by atoms with Gasteiger partial charge in [0.15, 0.2) is 5.78 Å². The highest BCUT2D eigenvalue weighted by atomic mass is 19.4. The number of nitrogens with zero attached hydrogens (tertiary/aromatic N) is 2. The largest absolute Gasteiger partial charge is 0.438 e. The third kappa shape index (κ3) is 4.42. The first-order valence-corrected chi connectivity index (χ1v) is 9.96. The molecule has 3 aromatic rings. The Hall–Kier alpha value is -3.49. The second kappa shape index (κ2) is 8.57. The molecule has 1 amide bonds. The molecule has 1 N–H and O–H groups in total. The average Bonchev–Trinajstić information content (AvgIpc) is 2.70. The van der Waals surface area contributed by atoms with Gasteiger partial charge in [-0.2, -0.15) is 13.2 Å². The van der Waals surface area contributed by atoms with Crippen LogP contribution in [0.25, 0.3) is 11.0 Å². The van der Waals surface area contributed by atoms with Crippen LogP contribution in [-0.4, -0.2) is 21.2 Å². The molecule has 0 spiro atoms. The molecule has 1 unspecified atom stereocenters. The van der Waals surface area contributed by atoms with Gasteiger partial charge in [0.1, 0.15) is 6.04 Å². The van der Waals surface area contributed by atoms with E-state index in [1.165, 1.54) is 19.1 Å². The smallest absolute Gasteiger partial charge is 0.324 e. The van der Waals surface area contributed by atoms with Crippen molar-refractivity contribution in [2.45, 2.75) is 46.3 Å². The van der Waals surface area contributed by atoms with E-state index in [1.54, 1.807) is 45.0 Å². The number of hydrogen-bond acceptors (Lipinski definition) is 4. The van der Waals surface area contributed by atoms with Crippen LogP contribution in [-0.2, 0) is 11.0 Å². The zero-order chi connectivity index (χ0) is 23.8. The lowest BCUT2D eigenvalue weighted by Gasteiger charge is -2.22. The van der Waals surface area contributed by atoms with Gasteiger partial charge in [0.2, 0.25) is 11.6 Å². The SMILES string of the molecule is CCC(C(=O)Nc1cccc(C(C)=O)c1)n1c(=O)c(C(F)(F)F)nc2cc(C)c(C)cc21. The Kier molecular flexibility index (Phi) is 6.20. The third-order valence-corrected chi connectivity index (χ3v) is 5.31. The Morgan fingerprint density at radius 3 is 2.38 bits per heavy atom. The van der Waals surface area contributed by atoms with Crippen molar-refractivity contribution in [3.05, 3.63) is 69.1 Å². The quantitative estimate of drug-likeness (QED) is 0.571. The van der Waals surface area contributed by atoms with E-state index >= 15 is 0 Å². The number of benzene rings is 2. The number of Topliss-reactive ketones (excluding diaryl/α,β-unsaturated/α-hetero) is 1. The minimum Gasteiger partial charge on any atom is -0.324 e.